The average molecular weight is 260 g/mol. The van der Waals surface area contributed by atoms with Crippen molar-refractivity contribution in [2.45, 2.75) is 25.3 Å². The van der Waals surface area contributed by atoms with Crippen LogP contribution in [0.5, 0.6) is 0 Å². The lowest BCUT2D eigenvalue weighted by atomic mass is 9.92. The fourth-order valence-electron chi connectivity index (χ4n) is 2.59. The third kappa shape index (κ3) is 2.57. The predicted molar refractivity (Wildman–Crippen MR) is 69.9 cm³/mol. The standard InChI is InChI=1S/C15H14F2N2/c16-11-7-12(17)9-13(8-11)19-14-5-1-3-10-4-2-6-18-15(10)14/h2,4,6-9,14,19H,1,3,5H2. The van der Waals surface area contributed by atoms with Gasteiger partial charge in [0.1, 0.15) is 11.6 Å². The van der Waals surface area contributed by atoms with Crippen LogP contribution < -0.4 is 5.32 Å². The normalized spacial score (nSPS) is 17.9. The van der Waals surface area contributed by atoms with Gasteiger partial charge in [-0.3, -0.25) is 4.98 Å². The molecule has 0 bridgehead atoms. The Labute approximate surface area is 110 Å². The number of hydrogen-bond donors (Lipinski definition) is 1. The minimum atomic E-state index is -0.570. The van der Waals surface area contributed by atoms with E-state index in [-0.39, 0.29) is 6.04 Å². The first-order valence-corrected chi connectivity index (χ1v) is 6.39. The van der Waals surface area contributed by atoms with Crippen molar-refractivity contribution in [3.63, 3.8) is 0 Å². The quantitative estimate of drug-likeness (QED) is 0.887. The molecule has 0 radical (unpaired) electrons. The molecule has 0 spiro atoms. The Morgan fingerprint density at radius 1 is 1.16 bits per heavy atom. The van der Waals surface area contributed by atoms with Crippen LogP contribution in [0.4, 0.5) is 14.5 Å². The van der Waals surface area contributed by atoms with Gasteiger partial charge >= 0.3 is 0 Å². The Hall–Kier alpha value is -1.97. The topological polar surface area (TPSA) is 24.9 Å². The van der Waals surface area contributed by atoms with Crippen molar-refractivity contribution in [3.8, 4) is 0 Å². The van der Waals surface area contributed by atoms with Gasteiger partial charge in [0.15, 0.2) is 0 Å². The van der Waals surface area contributed by atoms with Crippen LogP contribution in [0, 0.1) is 11.6 Å². The van der Waals surface area contributed by atoms with Crippen LogP contribution in [0.2, 0.25) is 0 Å². The van der Waals surface area contributed by atoms with Crippen molar-refractivity contribution in [2.75, 3.05) is 5.32 Å². The fourth-order valence-corrected chi connectivity index (χ4v) is 2.59. The van der Waals surface area contributed by atoms with Crippen LogP contribution in [0.1, 0.15) is 30.1 Å². The molecule has 4 heteroatoms. The van der Waals surface area contributed by atoms with Crippen LogP contribution >= 0.6 is 0 Å². The molecule has 98 valence electrons. The maximum Gasteiger partial charge on any atom is 0.128 e. The van der Waals surface area contributed by atoms with E-state index < -0.39 is 11.6 Å². The SMILES string of the molecule is Fc1cc(F)cc(NC2CCCc3cccnc32)c1. The lowest BCUT2D eigenvalue weighted by molar-refractivity contribution is 0.572. The van der Waals surface area contributed by atoms with Crippen LogP contribution in [0.15, 0.2) is 36.5 Å². The van der Waals surface area contributed by atoms with Gasteiger partial charge in [0.25, 0.3) is 0 Å². The lowest BCUT2D eigenvalue weighted by Gasteiger charge is -2.26. The summed E-state index contributed by atoms with van der Waals surface area (Å²) in [6, 6.07) is 7.48. The number of aryl methyl sites for hydroxylation is 1. The van der Waals surface area contributed by atoms with Crippen molar-refractivity contribution in [3.05, 3.63) is 59.4 Å². The van der Waals surface area contributed by atoms with E-state index in [9.17, 15) is 8.78 Å². The monoisotopic (exact) mass is 260 g/mol. The summed E-state index contributed by atoms with van der Waals surface area (Å²) < 4.78 is 26.4. The Kier molecular flexibility index (Phi) is 3.15. The molecular formula is C15H14F2N2. The van der Waals surface area contributed by atoms with Gasteiger partial charge in [-0.2, -0.15) is 0 Å². The number of rotatable bonds is 2. The van der Waals surface area contributed by atoms with E-state index in [2.05, 4.69) is 16.4 Å². The number of hydrogen-bond acceptors (Lipinski definition) is 2. The summed E-state index contributed by atoms with van der Waals surface area (Å²) in [5.74, 6) is -1.14. The predicted octanol–water partition coefficient (Wildman–Crippen LogP) is 3.85. The largest absolute Gasteiger partial charge is 0.376 e. The highest BCUT2D eigenvalue weighted by Gasteiger charge is 2.21. The Morgan fingerprint density at radius 2 is 1.95 bits per heavy atom. The second-order valence-electron chi connectivity index (χ2n) is 4.80. The summed E-state index contributed by atoms with van der Waals surface area (Å²) >= 11 is 0. The molecule has 1 aromatic carbocycles. The molecule has 2 aromatic rings. The Balaban J connectivity index is 1.88. The lowest BCUT2D eigenvalue weighted by Crippen LogP contribution is -2.19. The van der Waals surface area contributed by atoms with Crippen LogP contribution in [-0.4, -0.2) is 4.98 Å². The smallest absolute Gasteiger partial charge is 0.128 e. The molecule has 1 unspecified atom stereocenters. The van der Waals surface area contributed by atoms with Crippen LogP contribution in [0.25, 0.3) is 0 Å². The third-order valence-electron chi connectivity index (χ3n) is 3.40. The third-order valence-corrected chi connectivity index (χ3v) is 3.40. The van der Waals surface area contributed by atoms with Crippen molar-refractivity contribution >= 4 is 5.69 Å². The average Bonchev–Trinajstić information content (AvgIpc) is 2.38. The van der Waals surface area contributed by atoms with Crippen LogP contribution in [-0.2, 0) is 6.42 Å². The second kappa shape index (κ2) is 4.96. The molecular weight excluding hydrogens is 246 g/mol. The molecule has 1 aromatic heterocycles. The summed E-state index contributed by atoms with van der Waals surface area (Å²) in [5.41, 5.74) is 2.66. The van der Waals surface area contributed by atoms with Crippen LogP contribution in [0.3, 0.4) is 0 Å². The minimum Gasteiger partial charge on any atom is -0.376 e. The van der Waals surface area contributed by atoms with Gasteiger partial charge in [-0.05, 0) is 43.0 Å². The number of fused-ring (bicyclic) bond motifs is 1. The van der Waals surface area contributed by atoms with E-state index in [1.165, 1.54) is 17.7 Å². The number of anilines is 1. The Morgan fingerprint density at radius 3 is 2.74 bits per heavy atom. The summed E-state index contributed by atoms with van der Waals surface area (Å²) in [7, 11) is 0. The Bertz CT molecular complexity index is 578. The minimum absolute atomic E-state index is 0.0196. The molecule has 0 saturated carbocycles. The van der Waals surface area contributed by atoms with Gasteiger partial charge in [0.05, 0.1) is 11.7 Å². The van der Waals surface area contributed by atoms with E-state index in [0.29, 0.717) is 5.69 Å². The molecule has 2 nitrogen and oxygen atoms in total. The molecule has 0 amide bonds. The molecule has 1 N–H and O–H groups in total. The van der Waals surface area contributed by atoms with Gasteiger partial charge in [-0.1, -0.05) is 6.07 Å². The summed E-state index contributed by atoms with van der Waals surface area (Å²) in [6.45, 7) is 0. The molecule has 0 saturated heterocycles. The van der Waals surface area contributed by atoms with Gasteiger partial charge in [-0.25, -0.2) is 8.78 Å². The van der Waals surface area contributed by atoms with Crippen molar-refractivity contribution in [1.82, 2.24) is 4.98 Å². The number of benzene rings is 1. The molecule has 1 atom stereocenters. The summed E-state index contributed by atoms with van der Waals surface area (Å²) in [6.07, 6.45) is 4.74. The van der Waals surface area contributed by atoms with E-state index >= 15 is 0 Å². The fraction of sp³-hybridized carbons (Fsp3) is 0.267. The van der Waals surface area contributed by atoms with Gasteiger partial charge < -0.3 is 5.32 Å². The highest BCUT2D eigenvalue weighted by atomic mass is 19.1. The zero-order valence-electron chi connectivity index (χ0n) is 10.4. The molecule has 3 rings (SSSR count). The zero-order chi connectivity index (χ0) is 13.2. The van der Waals surface area contributed by atoms with E-state index in [1.54, 1.807) is 6.20 Å². The summed E-state index contributed by atoms with van der Waals surface area (Å²) in [4.78, 5) is 4.39. The first-order chi connectivity index (χ1) is 9.22. The first-order valence-electron chi connectivity index (χ1n) is 6.39. The highest BCUT2D eigenvalue weighted by molar-refractivity contribution is 5.46. The molecule has 0 fully saturated rings. The van der Waals surface area contributed by atoms with Gasteiger partial charge in [0.2, 0.25) is 0 Å². The zero-order valence-corrected chi connectivity index (χ0v) is 10.4. The van der Waals surface area contributed by atoms with Gasteiger partial charge in [-0.15, -0.1) is 0 Å². The number of halogens is 2. The van der Waals surface area contributed by atoms with E-state index in [4.69, 9.17) is 0 Å². The number of pyridine rings is 1. The number of nitrogens with one attached hydrogen (secondary N) is 1. The number of nitrogens with zero attached hydrogens (tertiary/aromatic N) is 1. The first kappa shape index (κ1) is 12.1. The molecule has 1 heterocycles. The van der Waals surface area contributed by atoms with E-state index in [1.807, 2.05) is 6.07 Å². The maximum absolute atomic E-state index is 13.2. The summed E-state index contributed by atoms with van der Waals surface area (Å²) in [5, 5.41) is 3.18. The van der Waals surface area contributed by atoms with Crippen molar-refractivity contribution < 1.29 is 8.78 Å². The van der Waals surface area contributed by atoms with Gasteiger partial charge in [0, 0.05) is 18.0 Å². The molecule has 19 heavy (non-hydrogen) atoms. The van der Waals surface area contributed by atoms with E-state index in [0.717, 1.165) is 31.0 Å². The van der Waals surface area contributed by atoms with Crippen molar-refractivity contribution in [1.29, 1.82) is 0 Å². The highest BCUT2D eigenvalue weighted by Crippen LogP contribution is 2.31. The number of aromatic nitrogens is 1. The van der Waals surface area contributed by atoms with Crippen molar-refractivity contribution in [2.24, 2.45) is 0 Å². The molecule has 0 aliphatic heterocycles. The maximum atomic E-state index is 13.2. The molecule has 1 aliphatic rings. The second-order valence-corrected chi connectivity index (χ2v) is 4.80. The molecule has 1 aliphatic carbocycles.